The van der Waals surface area contributed by atoms with Crippen molar-refractivity contribution in [2.24, 2.45) is 0 Å². The molecular weight excluding hydrogens is 278 g/mol. The molecule has 6 heteroatoms. The van der Waals surface area contributed by atoms with Crippen molar-refractivity contribution < 1.29 is 13.7 Å². The van der Waals surface area contributed by atoms with Crippen LogP contribution in [0.5, 0.6) is 0 Å². The number of hydrogen-bond donors (Lipinski definition) is 1. The van der Waals surface area contributed by atoms with Crippen molar-refractivity contribution in [1.29, 1.82) is 0 Å². The molecule has 0 fully saturated rings. The van der Waals surface area contributed by atoms with Crippen LogP contribution in [-0.2, 0) is 13.0 Å². The zero-order chi connectivity index (χ0) is 15.4. The Labute approximate surface area is 120 Å². The summed E-state index contributed by atoms with van der Waals surface area (Å²) in [5, 5.41) is 13.4. The summed E-state index contributed by atoms with van der Waals surface area (Å²) >= 11 is 0. The summed E-state index contributed by atoms with van der Waals surface area (Å²) in [6, 6.07) is 9.08. The Kier molecular flexibility index (Phi) is 4.47. The van der Waals surface area contributed by atoms with E-state index in [0.717, 1.165) is 18.1 Å². The second-order valence-corrected chi connectivity index (χ2v) is 4.56. The van der Waals surface area contributed by atoms with E-state index in [1.54, 1.807) is 0 Å². The van der Waals surface area contributed by atoms with Gasteiger partial charge in [-0.25, -0.2) is 4.39 Å². The van der Waals surface area contributed by atoms with Crippen molar-refractivity contribution in [2.45, 2.75) is 19.9 Å². The first kappa shape index (κ1) is 14.9. The van der Waals surface area contributed by atoms with Crippen molar-refractivity contribution in [3.63, 3.8) is 0 Å². The fourth-order valence-corrected chi connectivity index (χ4v) is 1.90. The van der Waals surface area contributed by atoms with Gasteiger partial charge in [0.25, 0.3) is 0 Å². The molecule has 0 radical (unpaired) electrons. The number of nitrogens with one attached hydrogen (secondary N) is 1. The van der Waals surface area contributed by atoms with E-state index in [4.69, 9.17) is 0 Å². The van der Waals surface area contributed by atoms with Gasteiger partial charge in [-0.15, -0.1) is 0 Å². The SMILES string of the molecule is CCc1ccc(CNc2cc([N+](=O)[O-])c(F)cc2F)cc1. The van der Waals surface area contributed by atoms with Crippen LogP contribution in [0.2, 0.25) is 0 Å². The summed E-state index contributed by atoms with van der Waals surface area (Å²) in [5.74, 6) is -2.04. The van der Waals surface area contributed by atoms with Crippen LogP contribution < -0.4 is 5.32 Å². The molecule has 0 aromatic heterocycles. The minimum atomic E-state index is -1.18. The number of aryl methyl sites for hydroxylation is 1. The summed E-state index contributed by atoms with van der Waals surface area (Å²) in [5.41, 5.74) is 1.24. The van der Waals surface area contributed by atoms with Crippen LogP contribution >= 0.6 is 0 Å². The molecule has 0 aliphatic carbocycles. The lowest BCUT2D eigenvalue weighted by Gasteiger charge is -2.08. The van der Waals surface area contributed by atoms with Gasteiger partial charge in [0, 0.05) is 18.7 Å². The minimum absolute atomic E-state index is 0.0948. The number of rotatable bonds is 5. The van der Waals surface area contributed by atoms with Crippen LogP contribution in [-0.4, -0.2) is 4.92 Å². The van der Waals surface area contributed by atoms with Crippen molar-refractivity contribution in [1.82, 2.24) is 0 Å². The summed E-state index contributed by atoms with van der Waals surface area (Å²) in [7, 11) is 0. The molecule has 0 aliphatic rings. The molecule has 0 amide bonds. The van der Waals surface area contributed by atoms with Gasteiger partial charge in [0.1, 0.15) is 5.82 Å². The average Bonchev–Trinajstić information content (AvgIpc) is 2.46. The molecule has 0 saturated carbocycles. The van der Waals surface area contributed by atoms with Crippen LogP contribution in [0, 0.1) is 21.7 Å². The maximum absolute atomic E-state index is 13.6. The van der Waals surface area contributed by atoms with Crippen LogP contribution in [0.1, 0.15) is 18.1 Å². The predicted octanol–water partition coefficient (Wildman–Crippen LogP) is 4.05. The van der Waals surface area contributed by atoms with Gasteiger partial charge in [0.2, 0.25) is 5.82 Å². The quantitative estimate of drug-likeness (QED) is 0.668. The molecule has 0 saturated heterocycles. The molecule has 110 valence electrons. The molecule has 2 aromatic carbocycles. The van der Waals surface area contributed by atoms with Gasteiger partial charge < -0.3 is 5.32 Å². The zero-order valence-electron chi connectivity index (χ0n) is 11.4. The molecule has 0 aliphatic heterocycles. The second-order valence-electron chi connectivity index (χ2n) is 4.56. The molecule has 0 spiro atoms. The van der Waals surface area contributed by atoms with Crippen LogP contribution in [0.15, 0.2) is 36.4 Å². The minimum Gasteiger partial charge on any atom is -0.378 e. The monoisotopic (exact) mass is 292 g/mol. The van der Waals surface area contributed by atoms with Crippen LogP contribution in [0.3, 0.4) is 0 Å². The number of halogens is 2. The van der Waals surface area contributed by atoms with E-state index < -0.39 is 22.2 Å². The average molecular weight is 292 g/mol. The Morgan fingerprint density at radius 2 is 1.71 bits per heavy atom. The third-order valence-electron chi connectivity index (χ3n) is 3.15. The number of hydrogen-bond acceptors (Lipinski definition) is 3. The number of benzene rings is 2. The van der Waals surface area contributed by atoms with Gasteiger partial charge in [-0.3, -0.25) is 10.1 Å². The van der Waals surface area contributed by atoms with E-state index in [2.05, 4.69) is 5.32 Å². The second kappa shape index (κ2) is 6.30. The summed E-state index contributed by atoms with van der Waals surface area (Å²) in [6.07, 6.45) is 0.923. The molecular formula is C15H14F2N2O2. The molecule has 1 N–H and O–H groups in total. The Balaban J connectivity index is 2.15. The maximum atomic E-state index is 13.6. The number of nitro benzene ring substituents is 1. The van der Waals surface area contributed by atoms with Gasteiger partial charge in [-0.2, -0.15) is 4.39 Å². The fourth-order valence-electron chi connectivity index (χ4n) is 1.90. The van der Waals surface area contributed by atoms with E-state index in [1.165, 1.54) is 5.56 Å². The zero-order valence-corrected chi connectivity index (χ0v) is 11.4. The van der Waals surface area contributed by atoms with Crippen molar-refractivity contribution in [3.05, 3.63) is 69.3 Å². The van der Waals surface area contributed by atoms with Gasteiger partial charge in [-0.05, 0) is 17.5 Å². The molecule has 2 aromatic rings. The number of nitrogens with zero attached hydrogens (tertiary/aromatic N) is 1. The van der Waals surface area contributed by atoms with Gasteiger partial charge in [-0.1, -0.05) is 31.2 Å². The first-order chi connectivity index (χ1) is 10.0. The highest BCUT2D eigenvalue weighted by Crippen LogP contribution is 2.25. The van der Waals surface area contributed by atoms with Crippen molar-refractivity contribution in [2.75, 3.05) is 5.32 Å². The van der Waals surface area contributed by atoms with E-state index >= 15 is 0 Å². The highest BCUT2D eigenvalue weighted by molar-refractivity contribution is 5.53. The standard InChI is InChI=1S/C15H14F2N2O2/c1-2-10-3-5-11(6-4-10)9-18-14-8-15(19(20)21)13(17)7-12(14)16/h3-8,18H,2,9H2,1H3. The van der Waals surface area contributed by atoms with Crippen molar-refractivity contribution >= 4 is 11.4 Å². The summed E-state index contributed by atoms with van der Waals surface area (Å²) in [6.45, 7) is 2.34. The lowest BCUT2D eigenvalue weighted by atomic mass is 10.1. The molecule has 0 bridgehead atoms. The highest BCUT2D eigenvalue weighted by atomic mass is 19.1. The topological polar surface area (TPSA) is 55.2 Å². The molecule has 0 heterocycles. The van der Waals surface area contributed by atoms with Crippen LogP contribution in [0.25, 0.3) is 0 Å². The first-order valence-electron chi connectivity index (χ1n) is 6.46. The van der Waals surface area contributed by atoms with Gasteiger partial charge >= 0.3 is 5.69 Å². The summed E-state index contributed by atoms with van der Waals surface area (Å²) < 4.78 is 26.8. The largest absolute Gasteiger partial charge is 0.378 e. The van der Waals surface area contributed by atoms with E-state index in [1.807, 2.05) is 31.2 Å². The Morgan fingerprint density at radius 1 is 1.10 bits per heavy atom. The van der Waals surface area contributed by atoms with Gasteiger partial charge in [0.05, 0.1) is 10.6 Å². The molecule has 21 heavy (non-hydrogen) atoms. The predicted molar refractivity (Wildman–Crippen MR) is 76.2 cm³/mol. The first-order valence-corrected chi connectivity index (χ1v) is 6.46. The Morgan fingerprint density at radius 3 is 2.29 bits per heavy atom. The lowest BCUT2D eigenvalue weighted by Crippen LogP contribution is -2.04. The lowest BCUT2D eigenvalue weighted by molar-refractivity contribution is -0.387. The number of anilines is 1. The Hall–Kier alpha value is -2.50. The Bertz CT molecular complexity index is 657. The maximum Gasteiger partial charge on any atom is 0.307 e. The van der Waals surface area contributed by atoms with E-state index in [0.29, 0.717) is 12.6 Å². The molecule has 0 unspecified atom stereocenters. The van der Waals surface area contributed by atoms with E-state index in [9.17, 15) is 18.9 Å². The highest BCUT2D eigenvalue weighted by Gasteiger charge is 2.18. The number of nitro groups is 1. The van der Waals surface area contributed by atoms with E-state index in [-0.39, 0.29) is 5.69 Å². The van der Waals surface area contributed by atoms with Gasteiger partial charge in [0.15, 0.2) is 0 Å². The molecule has 0 atom stereocenters. The molecule has 2 rings (SSSR count). The normalized spacial score (nSPS) is 10.4. The third-order valence-corrected chi connectivity index (χ3v) is 3.15. The van der Waals surface area contributed by atoms with Crippen LogP contribution in [0.4, 0.5) is 20.2 Å². The smallest absolute Gasteiger partial charge is 0.307 e. The fraction of sp³-hybridized carbons (Fsp3) is 0.200. The third kappa shape index (κ3) is 3.53. The van der Waals surface area contributed by atoms with Crippen molar-refractivity contribution in [3.8, 4) is 0 Å². The molecule has 4 nitrogen and oxygen atoms in total. The summed E-state index contributed by atoms with van der Waals surface area (Å²) in [4.78, 5) is 9.77.